The number of nitrogens with one attached hydrogen (secondary N) is 3. The van der Waals surface area contributed by atoms with E-state index in [2.05, 4.69) is 20.6 Å². The molecule has 0 spiro atoms. The van der Waals surface area contributed by atoms with Gasteiger partial charge in [-0.05, 0) is 49.9 Å². The molecule has 3 aromatic heterocycles. The largest absolute Gasteiger partial charge is 0.434 e. The number of rotatable bonds is 4. The normalized spacial score (nSPS) is 19.2. The van der Waals surface area contributed by atoms with Gasteiger partial charge in [0, 0.05) is 35.4 Å². The van der Waals surface area contributed by atoms with Crippen molar-refractivity contribution in [3.63, 3.8) is 0 Å². The second-order valence-corrected chi connectivity index (χ2v) is 8.29. The number of pyridine rings is 1. The number of carbonyl (C=O) groups is 1. The van der Waals surface area contributed by atoms with Crippen LogP contribution in [-0.2, 0) is 6.18 Å². The summed E-state index contributed by atoms with van der Waals surface area (Å²) in [6, 6.07) is 9.51. The van der Waals surface area contributed by atoms with Gasteiger partial charge in [-0.15, -0.1) is 0 Å². The van der Waals surface area contributed by atoms with Crippen LogP contribution in [0.5, 0.6) is 0 Å². The number of amides is 1. The molecule has 0 bridgehead atoms. The quantitative estimate of drug-likeness (QED) is 0.371. The molecule has 6 nitrogen and oxygen atoms in total. The average Bonchev–Trinajstić information content (AvgIpc) is 3.41. The van der Waals surface area contributed by atoms with E-state index in [1.807, 2.05) is 0 Å². The maximum atomic E-state index is 14.2. The Balaban J connectivity index is 1.23. The number of fused-ring (bicyclic) bond motifs is 2. The molecule has 3 N–H and O–H groups in total. The summed E-state index contributed by atoms with van der Waals surface area (Å²) in [5.41, 5.74) is 0.127. The molecule has 1 aromatic carbocycles. The van der Waals surface area contributed by atoms with Gasteiger partial charge in [0.15, 0.2) is 5.69 Å². The second kappa shape index (κ2) is 8.09. The molecule has 3 heterocycles. The number of anilines is 1. The number of hydrogen-bond acceptors (Lipinski definition) is 3. The van der Waals surface area contributed by atoms with Crippen LogP contribution in [0.4, 0.5) is 23.4 Å². The van der Waals surface area contributed by atoms with Crippen molar-refractivity contribution in [1.82, 2.24) is 19.7 Å². The van der Waals surface area contributed by atoms with E-state index < -0.39 is 17.7 Å². The Labute approximate surface area is 186 Å². The van der Waals surface area contributed by atoms with Crippen LogP contribution in [0, 0.1) is 5.82 Å². The fraction of sp³-hybridized carbons (Fsp3) is 0.304. The highest BCUT2D eigenvalue weighted by Crippen LogP contribution is 2.30. The zero-order valence-corrected chi connectivity index (χ0v) is 17.4. The zero-order chi connectivity index (χ0) is 23.2. The highest BCUT2D eigenvalue weighted by molar-refractivity contribution is 6.07. The minimum Gasteiger partial charge on any atom is -0.368 e. The van der Waals surface area contributed by atoms with Crippen molar-refractivity contribution in [3.8, 4) is 0 Å². The van der Waals surface area contributed by atoms with E-state index in [4.69, 9.17) is 0 Å². The summed E-state index contributed by atoms with van der Waals surface area (Å²) < 4.78 is 54.6. The number of halogens is 4. The molecule has 1 aliphatic carbocycles. The van der Waals surface area contributed by atoms with Crippen LogP contribution in [0.2, 0.25) is 0 Å². The van der Waals surface area contributed by atoms with Crippen molar-refractivity contribution >= 4 is 28.3 Å². The van der Waals surface area contributed by atoms with Crippen molar-refractivity contribution < 1.29 is 22.4 Å². The van der Waals surface area contributed by atoms with Crippen LogP contribution in [0.3, 0.4) is 0 Å². The number of alkyl halides is 3. The average molecular weight is 459 g/mol. The predicted molar refractivity (Wildman–Crippen MR) is 116 cm³/mol. The Hall–Kier alpha value is -3.56. The molecule has 10 heteroatoms. The van der Waals surface area contributed by atoms with E-state index in [1.165, 1.54) is 22.7 Å². The zero-order valence-electron chi connectivity index (χ0n) is 17.4. The van der Waals surface area contributed by atoms with Crippen LogP contribution in [0.1, 0.15) is 41.7 Å². The van der Waals surface area contributed by atoms with Gasteiger partial charge in [-0.3, -0.25) is 9.20 Å². The Kier molecular flexibility index (Phi) is 5.22. The molecule has 1 saturated carbocycles. The predicted octanol–water partition coefficient (Wildman–Crippen LogP) is 5.13. The molecular weight excluding hydrogens is 438 g/mol. The summed E-state index contributed by atoms with van der Waals surface area (Å²) in [7, 11) is 0. The maximum Gasteiger partial charge on any atom is 0.434 e. The summed E-state index contributed by atoms with van der Waals surface area (Å²) >= 11 is 0. The van der Waals surface area contributed by atoms with Gasteiger partial charge in [0.25, 0.3) is 5.91 Å². The molecule has 0 saturated heterocycles. The summed E-state index contributed by atoms with van der Waals surface area (Å²) in [5.74, 6) is -0.239. The Bertz CT molecular complexity index is 1320. The molecule has 4 aromatic rings. The number of aromatic amines is 1. The van der Waals surface area contributed by atoms with Crippen LogP contribution < -0.4 is 10.6 Å². The monoisotopic (exact) mass is 459 g/mol. The van der Waals surface area contributed by atoms with E-state index >= 15 is 0 Å². The number of hydrogen-bond donors (Lipinski definition) is 3. The van der Waals surface area contributed by atoms with Gasteiger partial charge in [0.1, 0.15) is 17.3 Å². The summed E-state index contributed by atoms with van der Waals surface area (Å²) in [4.78, 5) is 19.3. The highest BCUT2D eigenvalue weighted by atomic mass is 19.4. The number of benzene rings is 1. The van der Waals surface area contributed by atoms with E-state index in [9.17, 15) is 22.4 Å². The first kappa shape index (κ1) is 21.3. The fourth-order valence-corrected chi connectivity index (χ4v) is 4.44. The lowest BCUT2D eigenvalue weighted by Crippen LogP contribution is -2.40. The van der Waals surface area contributed by atoms with Gasteiger partial charge in [-0.25, -0.2) is 9.37 Å². The van der Waals surface area contributed by atoms with Gasteiger partial charge in [-0.1, -0.05) is 12.1 Å². The lowest BCUT2D eigenvalue weighted by atomic mass is 9.91. The minimum absolute atomic E-state index is 0.0472. The molecule has 0 aliphatic heterocycles. The second-order valence-electron chi connectivity index (χ2n) is 8.29. The van der Waals surface area contributed by atoms with E-state index in [-0.39, 0.29) is 34.6 Å². The van der Waals surface area contributed by atoms with Crippen molar-refractivity contribution in [1.29, 1.82) is 0 Å². The van der Waals surface area contributed by atoms with Crippen molar-refractivity contribution in [2.45, 2.75) is 43.9 Å². The third kappa shape index (κ3) is 4.12. The summed E-state index contributed by atoms with van der Waals surface area (Å²) in [6.07, 6.45) is 0.840. The highest BCUT2D eigenvalue weighted by Gasteiger charge is 2.34. The molecular formula is C23H21F4N5O. The van der Waals surface area contributed by atoms with Gasteiger partial charge in [0.05, 0.1) is 5.56 Å². The third-order valence-electron chi connectivity index (χ3n) is 6.10. The fourth-order valence-electron chi connectivity index (χ4n) is 4.44. The molecule has 1 amide bonds. The Morgan fingerprint density at radius 1 is 1.06 bits per heavy atom. The van der Waals surface area contributed by atoms with Crippen molar-refractivity contribution in [2.24, 2.45) is 0 Å². The maximum absolute atomic E-state index is 14.2. The van der Waals surface area contributed by atoms with Gasteiger partial charge < -0.3 is 15.6 Å². The lowest BCUT2D eigenvalue weighted by Gasteiger charge is -2.30. The Morgan fingerprint density at radius 2 is 1.79 bits per heavy atom. The van der Waals surface area contributed by atoms with Crippen molar-refractivity contribution in [3.05, 3.63) is 65.9 Å². The number of imidazole rings is 1. The van der Waals surface area contributed by atoms with Crippen LogP contribution in [0.25, 0.3) is 16.6 Å². The molecule has 1 fully saturated rings. The molecule has 172 valence electrons. The first-order valence-electron chi connectivity index (χ1n) is 10.7. The molecule has 0 unspecified atom stereocenters. The third-order valence-corrected chi connectivity index (χ3v) is 6.10. The van der Waals surface area contributed by atoms with E-state index in [0.717, 1.165) is 19.0 Å². The molecule has 0 atom stereocenters. The first-order valence-corrected chi connectivity index (χ1v) is 10.7. The van der Waals surface area contributed by atoms with E-state index in [0.29, 0.717) is 24.2 Å². The molecule has 5 rings (SSSR count). The summed E-state index contributed by atoms with van der Waals surface area (Å²) in [6.45, 7) is 0. The Morgan fingerprint density at radius 3 is 2.55 bits per heavy atom. The number of carbonyl (C=O) groups excluding carboxylic acids is 1. The number of nitrogens with zero attached hydrogens (tertiary/aromatic N) is 2. The van der Waals surface area contributed by atoms with Gasteiger partial charge in [0.2, 0.25) is 0 Å². The topological polar surface area (TPSA) is 74.2 Å². The van der Waals surface area contributed by atoms with Gasteiger partial charge >= 0.3 is 6.18 Å². The number of H-pyrrole nitrogens is 1. The van der Waals surface area contributed by atoms with Gasteiger partial charge in [-0.2, -0.15) is 13.2 Å². The van der Waals surface area contributed by atoms with Crippen LogP contribution in [-0.4, -0.2) is 32.4 Å². The first-order chi connectivity index (χ1) is 15.8. The summed E-state index contributed by atoms with van der Waals surface area (Å²) in [5, 5.41) is 6.57. The smallest absolute Gasteiger partial charge is 0.368 e. The number of aromatic nitrogens is 3. The van der Waals surface area contributed by atoms with Crippen LogP contribution >= 0.6 is 0 Å². The molecule has 1 aliphatic rings. The SMILES string of the molecule is O=C(NC1CCC(Nc2cccc3nc(C(F)(F)F)cn23)CC1)c1c[nH]c2cccc(F)c12. The standard InChI is InChI=1S/C23H21F4N5O/c24-16-3-1-4-17-21(16)15(11-28-17)22(33)30-14-9-7-13(8-10-14)29-19-5-2-6-20-31-18(12-32(19)20)23(25,26)27/h1-6,11-14,28-29H,7-10H2,(H,30,33). The molecule has 0 radical (unpaired) electrons. The minimum atomic E-state index is -4.51. The molecule has 33 heavy (non-hydrogen) atoms. The van der Waals surface area contributed by atoms with Crippen LogP contribution in [0.15, 0.2) is 48.8 Å². The lowest BCUT2D eigenvalue weighted by molar-refractivity contribution is -0.140. The van der Waals surface area contributed by atoms with Crippen molar-refractivity contribution in [2.75, 3.05) is 5.32 Å². The van der Waals surface area contributed by atoms with E-state index in [1.54, 1.807) is 24.3 Å².